The molecule has 2 N–H and O–H groups in total. The highest BCUT2D eigenvalue weighted by Crippen LogP contribution is 2.34. The van der Waals surface area contributed by atoms with Gasteiger partial charge in [0.2, 0.25) is 0 Å². The quantitative estimate of drug-likeness (QED) is 0.365. The highest BCUT2D eigenvalue weighted by molar-refractivity contribution is 6.06. The first-order valence-electron chi connectivity index (χ1n) is 12.1. The molecule has 2 heterocycles. The van der Waals surface area contributed by atoms with Gasteiger partial charge in [0, 0.05) is 35.3 Å². The van der Waals surface area contributed by atoms with Crippen LogP contribution >= 0.6 is 0 Å². The van der Waals surface area contributed by atoms with Gasteiger partial charge in [-0.1, -0.05) is 37.3 Å². The van der Waals surface area contributed by atoms with Crippen molar-refractivity contribution < 1.29 is 19.4 Å². The number of hydrogen-bond acceptors (Lipinski definition) is 5. The van der Waals surface area contributed by atoms with Crippen LogP contribution in [0.5, 0.6) is 5.75 Å². The predicted octanol–water partition coefficient (Wildman–Crippen LogP) is 5.57. The molecule has 1 aliphatic heterocycles. The Morgan fingerprint density at radius 1 is 1.05 bits per heavy atom. The maximum absolute atomic E-state index is 12.7. The highest BCUT2D eigenvalue weighted by Gasteiger charge is 2.27. The summed E-state index contributed by atoms with van der Waals surface area (Å²) in [7, 11) is 1.58. The number of carboxylic acid groups (broad SMARTS) is 1. The van der Waals surface area contributed by atoms with Crippen molar-refractivity contribution in [2.45, 2.75) is 13.5 Å². The van der Waals surface area contributed by atoms with E-state index in [4.69, 9.17) is 9.72 Å². The molecule has 0 aliphatic carbocycles. The molecule has 0 radical (unpaired) electrons. The van der Waals surface area contributed by atoms with Gasteiger partial charge in [0.15, 0.2) is 0 Å². The molecule has 1 aromatic heterocycles. The van der Waals surface area contributed by atoms with Gasteiger partial charge < -0.3 is 15.2 Å². The Morgan fingerprint density at radius 2 is 1.84 bits per heavy atom. The number of amides is 1. The average Bonchev–Trinajstić information content (AvgIpc) is 2.91. The second kappa shape index (κ2) is 10.2. The van der Waals surface area contributed by atoms with E-state index in [2.05, 4.69) is 17.1 Å². The molecule has 1 amide bonds. The first kappa shape index (κ1) is 24.2. The number of ether oxygens (including phenoxy) is 1. The fourth-order valence-electron chi connectivity index (χ4n) is 4.70. The number of hydrogen-bond donors (Lipinski definition) is 2. The van der Waals surface area contributed by atoms with Crippen molar-refractivity contribution in [3.8, 4) is 5.75 Å². The molecule has 0 saturated carbocycles. The Balaban J connectivity index is 1.52. The van der Waals surface area contributed by atoms with Crippen LogP contribution in [0.4, 0.5) is 5.69 Å². The van der Waals surface area contributed by atoms with Gasteiger partial charge >= 0.3 is 5.97 Å². The van der Waals surface area contributed by atoms with E-state index in [1.807, 2.05) is 54.6 Å². The molecule has 37 heavy (non-hydrogen) atoms. The standard InChI is InChI=1S/C30H27N3O4/c1-3-33-17-21(28-25(18-33)27(30(35)36)24-9-4-5-10-26(24)32-28)15-19-7-6-8-22(16-19)31-29(34)20-11-13-23(37-2)14-12-20/h4-16H,3,17-18H2,1-2H3,(H,31,34)(H,35,36)/b21-15+. The van der Waals surface area contributed by atoms with E-state index in [1.165, 1.54) is 0 Å². The number of para-hydroxylation sites is 1. The van der Waals surface area contributed by atoms with Gasteiger partial charge in [-0.05, 0) is 66.2 Å². The fourth-order valence-corrected chi connectivity index (χ4v) is 4.70. The van der Waals surface area contributed by atoms with Crippen LogP contribution < -0.4 is 10.1 Å². The number of fused-ring (bicyclic) bond motifs is 2. The maximum Gasteiger partial charge on any atom is 0.336 e. The van der Waals surface area contributed by atoms with Crippen LogP contribution in [0.1, 0.15) is 44.5 Å². The van der Waals surface area contributed by atoms with Crippen LogP contribution in [0, 0.1) is 0 Å². The molecule has 0 spiro atoms. The minimum absolute atomic E-state index is 0.216. The van der Waals surface area contributed by atoms with E-state index >= 15 is 0 Å². The Labute approximate surface area is 215 Å². The third-order valence-electron chi connectivity index (χ3n) is 6.57. The molecule has 0 atom stereocenters. The van der Waals surface area contributed by atoms with Gasteiger partial charge in [0.05, 0.1) is 23.9 Å². The number of rotatable bonds is 6. The van der Waals surface area contributed by atoms with Crippen LogP contribution in [0.3, 0.4) is 0 Å². The highest BCUT2D eigenvalue weighted by atomic mass is 16.5. The first-order chi connectivity index (χ1) is 18.0. The van der Waals surface area contributed by atoms with E-state index in [0.717, 1.165) is 23.2 Å². The molecule has 0 saturated heterocycles. The SMILES string of the molecule is CCN1C/C(=C\c2cccc(NC(=O)c3ccc(OC)cc3)c2)c2nc3ccccc3c(C(=O)O)c2C1. The second-order valence-corrected chi connectivity index (χ2v) is 8.92. The Hall–Kier alpha value is -4.49. The summed E-state index contributed by atoms with van der Waals surface area (Å²) in [4.78, 5) is 32.2. The summed E-state index contributed by atoms with van der Waals surface area (Å²) in [5.41, 5.74) is 5.44. The largest absolute Gasteiger partial charge is 0.497 e. The number of methoxy groups -OCH3 is 1. The van der Waals surface area contributed by atoms with Crippen molar-refractivity contribution in [3.05, 3.63) is 101 Å². The lowest BCUT2D eigenvalue weighted by molar-refractivity contribution is 0.0696. The minimum Gasteiger partial charge on any atom is -0.497 e. The smallest absolute Gasteiger partial charge is 0.336 e. The third kappa shape index (κ3) is 4.94. The summed E-state index contributed by atoms with van der Waals surface area (Å²) >= 11 is 0. The van der Waals surface area contributed by atoms with Crippen molar-refractivity contribution in [2.75, 3.05) is 25.5 Å². The number of anilines is 1. The molecule has 3 aromatic carbocycles. The van der Waals surface area contributed by atoms with Crippen LogP contribution in [0.15, 0.2) is 72.8 Å². The zero-order chi connectivity index (χ0) is 25.9. The normalized spacial score (nSPS) is 14.4. The van der Waals surface area contributed by atoms with E-state index in [9.17, 15) is 14.7 Å². The van der Waals surface area contributed by atoms with Crippen LogP contribution in [-0.2, 0) is 6.54 Å². The number of benzene rings is 3. The zero-order valence-electron chi connectivity index (χ0n) is 20.7. The average molecular weight is 494 g/mol. The van der Waals surface area contributed by atoms with Crippen LogP contribution in [0.25, 0.3) is 22.6 Å². The van der Waals surface area contributed by atoms with Gasteiger partial charge in [-0.25, -0.2) is 9.78 Å². The molecule has 4 aromatic rings. The molecular formula is C30H27N3O4. The van der Waals surface area contributed by atoms with Gasteiger partial charge in [-0.15, -0.1) is 0 Å². The molecule has 7 nitrogen and oxygen atoms in total. The molecule has 0 fully saturated rings. The number of carbonyl (C=O) groups excluding carboxylic acids is 1. The van der Waals surface area contributed by atoms with Crippen molar-refractivity contribution in [1.29, 1.82) is 0 Å². The van der Waals surface area contributed by atoms with Crippen molar-refractivity contribution in [1.82, 2.24) is 9.88 Å². The first-order valence-corrected chi connectivity index (χ1v) is 12.1. The third-order valence-corrected chi connectivity index (χ3v) is 6.57. The molecule has 7 heteroatoms. The van der Waals surface area contributed by atoms with E-state index in [1.54, 1.807) is 31.4 Å². The van der Waals surface area contributed by atoms with Crippen LogP contribution in [0.2, 0.25) is 0 Å². The minimum atomic E-state index is -0.949. The van der Waals surface area contributed by atoms with Crippen molar-refractivity contribution >= 4 is 40.1 Å². The number of pyridine rings is 1. The Bertz CT molecular complexity index is 1530. The molecule has 0 bridgehead atoms. The summed E-state index contributed by atoms with van der Waals surface area (Å²) in [5, 5.41) is 13.7. The number of carbonyl (C=O) groups is 2. The fraction of sp³-hybridized carbons (Fsp3) is 0.167. The number of aromatic carboxylic acids is 1. The topological polar surface area (TPSA) is 91.8 Å². The Morgan fingerprint density at radius 3 is 2.57 bits per heavy atom. The number of likely N-dealkylation sites (N-methyl/N-ethyl adjacent to an activating group) is 1. The summed E-state index contributed by atoms with van der Waals surface area (Å²) in [6.07, 6.45) is 2.02. The van der Waals surface area contributed by atoms with Crippen molar-refractivity contribution in [2.24, 2.45) is 0 Å². The predicted molar refractivity (Wildman–Crippen MR) is 145 cm³/mol. The molecular weight excluding hydrogens is 466 g/mol. The molecule has 186 valence electrons. The number of nitrogens with one attached hydrogen (secondary N) is 1. The lowest BCUT2D eigenvalue weighted by atomic mass is 9.92. The number of aromatic nitrogens is 1. The van der Waals surface area contributed by atoms with E-state index < -0.39 is 5.97 Å². The lowest BCUT2D eigenvalue weighted by Gasteiger charge is -2.30. The lowest BCUT2D eigenvalue weighted by Crippen LogP contribution is -2.31. The van der Waals surface area contributed by atoms with E-state index in [0.29, 0.717) is 52.3 Å². The molecule has 0 unspecified atom stereocenters. The number of carboxylic acids is 1. The van der Waals surface area contributed by atoms with E-state index in [-0.39, 0.29) is 5.91 Å². The monoisotopic (exact) mass is 493 g/mol. The summed E-state index contributed by atoms with van der Waals surface area (Å²) < 4.78 is 5.16. The van der Waals surface area contributed by atoms with Gasteiger partial charge in [-0.3, -0.25) is 9.69 Å². The van der Waals surface area contributed by atoms with Gasteiger partial charge in [0.1, 0.15) is 5.75 Å². The Kier molecular flexibility index (Phi) is 6.70. The van der Waals surface area contributed by atoms with Gasteiger partial charge in [0.25, 0.3) is 5.91 Å². The van der Waals surface area contributed by atoms with Crippen molar-refractivity contribution in [3.63, 3.8) is 0 Å². The van der Waals surface area contributed by atoms with Gasteiger partial charge in [-0.2, -0.15) is 0 Å². The summed E-state index contributed by atoms with van der Waals surface area (Å²) in [6.45, 7) is 4.02. The maximum atomic E-state index is 12.7. The summed E-state index contributed by atoms with van der Waals surface area (Å²) in [5.74, 6) is -0.478. The summed E-state index contributed by atoms with van der Waals surface area (Å²) in [6, 6.07) is 21.9. The molecule has 5 rings (SSSR count). The number of nitrogens with zero attached hydrogens (tertiary/aromatic N) is 2. The van der Waals surface area contributed by atoms with Crippen LogP contribution in [-0.4, -0.2) is 47.1 Å². The second-order valence-electron chi connectivity index (χ2n) is 8.92. The molecule has 1 aliphatic rings. The zero-order valence-corrected chi connectivity index (χ0v) is 20.7.